The van der Waals surface area contributed by atoms with Crippen LogP contribution in [0.4, 0.5) is 0 Å². The summed E-state index contributed by atoms with van der Waals surface area (Å²) in [5.41, 5.74) is 0. The Balaban J connectivity index is 0.000000234. The van der Waals surface area contributed by atoms with Crippen LogP contribution in [-0.2, 0) is 20.0 Å². The maximum Gasteiger partial charge on any atom is 0.214 e. The van der Waals surface area contributed by atoms with Gasteiger partial charge in [0.2, 0.25) is 20.0 Å². The van der Waals surface area contributed by atoms with Gasteiger partial charge in [0.15, 0.2) is 0 Å². The van der Waals surface area contributed by atoms with E-state index in [0.29, 0.717) is 32.2 Å². The van der Waals surface area contributed by atoms with Crippen molar-refractivity contribution in [3.8, 4) is 0 Å². The van der Waals surface area contributed by atoms with Crippen LogP contribution in [-0.4, -0.2) is 64.5 Å². The summed E-state index contributed by atoms with van der Waals surface area (Å²) < 4.78 is 42.6. The van der Waals surface area contributed by atoms with Crippen LogP contribution in [0.1, 0.15) is 25.7 Å². The highest BCUT2D eigenvalue weighted by Gasteiger charge is 2.39. The van der Waals surface area contributed by atoms with E-state index in [2.05, 4.69) is 10.2 Å². The zero-order valence-corrected chi connectivity index (χ0v) is 14.8. The molecule has 2 aliphatic heterocycles. The van der Waals surface area contributed by atoms with Crippen molar-refractivity contribution in [3.63, 3.8) is 0 Å². The van der Waals surface area contributed by atoms with Crippen LogP contribution < -0.4 is 15.6 Å². The fourth-order valence-electron chi connectivity index (χ4n) is 2.74. The molecule has 3 fully saturated rings. The second kappa shape index (κ2) is 7.73. The standard InChI is InChI=1S/C8H16N2O2S.C3H8N2O2S.ClH/c9-13(11,12)8-5-10(6-8)7-3-1-2-4-7;4-8(6,7)3-1-5-2-3;/h7-8H,1-6H2,(H2,9,11,12);3,5H,1-2H2,(H2,4,6,7);1H. The van der Waals surface area contributed by atoms with Gasteiger partial charge >= 0.3 is 0 Å². The Morgan fingerprint density at radius 3 is 1.59 bits per heavy atom. The topological polar surface area (TPSA) is 136 Å². The number of rotatable bonds is 3. The lowest BCUT2D eigenvalue weighted by Gasteiger charge is -2.41. The zero-order chi connectivity index (χ0) is 15.7. The maximum absolute atomic E-state index is 10.9. The highest BCUT2D eigenvalue weighted by Crippen LogP contribution is 2.28. The Morgan fingerprint density at radius 1 is 0.864 bits per heavy atom. The van der Waals surface area contributed by atoms with Gasteiger partial charge in [0.05, 0.1) is 5.25 Å². The quantitative estimate of drug-likeness (QED) is 0.552. The van der Waals surface area contributed by atoms with E-state index >= 15 is 0 Å². The van der Waals surface area contributed by atoms with Crippen molar-refractivity contribution in [2.75, 3.05) is 26.2 Å². The average molecular weight is 377 g/mol. The predicted octanol–water partition coefficient (Wildman–Crippen LogP) is -1.43. The third-order valence-electron chi connectivity index (χ3n) is 4.39. The first-order valence-electron chi connectivity index (χ1n) is 7.16. The molecule has 2 heterocycles. The number of nitrogens with two attached hydrogens (primary N) is 2. The van der Waals surface area contributed by atoms with Gasteiger partial charge in [-0.25, -0.2) is 27.1 Å². The summed E-state index contributed by atoms with van der Waals surface area (Å²) >= 11 is 0. The molecule has 1 saturated carbocycles. The Morgan fingerprint density at radius 2 is 1.32 bits per heavy atom. The largest absolute Gasteiger partial charge is 0.314 e. The van der Waals surface area contributed by atoms with E-state index < -0.39 is 20.0 Å². The normalized spacial score (nSPS) is 24.6. The van der Waals surface area contributed by atoms with Gasteiger partial charge in [-0.2, -0.15) is 0 Å². The lowest BCUT2D eigenvalue weighted by molar-refractivity contribution is 0.124. The molecule has 0 aromatic heterocycles. The Labute approximate surface area is 138 Å². The first kappa shape index (κ1) is 20.1. The molecule has 0 unspecified atom stereocenters. The van der Waals surface area contributed by atoms with Crippen LogP contribution in [0, 0.1) is 0 Å². The molecule has 22 heavy (non-hydrogen) atoms. The van der Waals surface area contributed by atoms with Crippen LogP contribution in [0.3, 0.4) is 0 Å². The molecular formula is C11H25ClN4O4S2. The van der Waals surface area contributed by atoms with Crippen LogP contribution in [0.5, 0.6) is 0 Å². The molecule has 8 nitrogen and oxygen atoms in total. The molecule has 0 radical (unpaired) electrons. The fourth-order valence-corrected chi connectivity index (χ4v) is 4.24. The van der Waals surface area contributed by atoms with Gasteiger partial charge in [0.25, 0.3) is 0 Å². The number of nitrogens with one attached hydrogen (secondary N) is 1. The lowest BCUT2D eigenvalue weighted by atomic mass is 10.1. The Kier molecular flexibility index (Phi) is 7.06. The van der Waals surface area contributed by atoms with E-state index in [1.165, 1.54) is 25.7 Å². The highest BCUT2D eigenvalue weighted by atomic mass is 35.5. The minimum Gasteiger partial charge on any atom is -0.314 e. The van der Waals surface area contributed by atoms with Gasteiger partial charge in [-0.1, -0.05) is 12.8 Å². The van der Waals surface area contributed by atoms with E-state index in [-0.39, 0.29) is 22.9 Å². The molecule has 5 N–H and O–H groups in total. The summed E-state index contributed by atoms with van der Waals surface area (Å²) in [4.78, 5) is 2.25. The van der Waals surface area contributed by atoms with Crippen LogP contribution in [0.2, 0.25) is 0 Å². The third-order valence-corrected chi connectivity index (χ3v) is 6.88. The number of sulfonamides is 2. The van der Waals surface area contributed by atoms with Crippen LogP contribution >= 0.6 is 12.4 Å². The van der Waals surface area contributed by atoms with Crippen LogP contribution in [0.25, 0.3) is 0 Å². The molecule has 0 bridgehead atoms. The molecule has 132 valence electrons. The molecule has 0 atom stereocenters. The van der Waals surface area contributed by atoms with Gasteiger partial charge in [-0.3, -0.25) is 4.90 Å². The molecule has 0 aromatic carbocycles. The van der Waals surface area contributed by atoms with Crippen molar-refractivity contribution in [2.24, 2.45) is 10.3 Å². The van der Waals surface area contributed by atoms with Gasteiger partial charge in [0.1, 0.15) is 5.25 Å². The summed E-state index contributed by atoms with van der Waals surface area (Å²) in [5, 5.41) is 12.0. The number of likely N-dealkylation sites (tertiary alicyclic amines) is 1. The van der Waals surface area contributed by atoms with E-state index in [9.17, 15) is 16.8 Å². The monoisotopic (exact) mass is 376 g/mol. The van der Waals surface area contributed by atoms with Crippen molar-refractivity contribution < 1.29 is 16.8 Å². The van der Waals surface area contributed by atoms with E-state index in [1.807, 2.05) is 0 Å². The summed E-state index contributed by atoms with van der Waals surface area (Å²) in [6, 6.07) is 0.637. The molecule has 0 aromatic rings. The summed E-state index contributed by atoms with van der Waals surface area (Å²) in [5.74, 6) is 0. The number of nitrogens with zero attached hydrogens (tertiary/aromatic N) is 1. The first-order valence-corrected chi connectivity index (χ1v) is 10.4. The van der Waals surface area contributed by atoms with Crippen molar-refractivity contribution in [2.45, 2.75) is 42.2 Å². The van der Waals surface area contributed by atoms with Crippen molar-refractivity contribution in [1.29, 1.82) is 0 Å². The average Bonchev–Trinajstić information content (AvgIpc) is 2.60. The van der Waals surface area contributed by atoms with Crippen molar-refractivity contribution >= 4 is 32.5 Å². The van der Waals surface area contributed by atoms with E-state index in [0.717, 1.165) is 0 Å². The molecule has 3 aliphatic rings. The summed E-state index contributed by atoms with van der Waals surface area (Å²) in [7, 11) is -6.50. The number of primary sulfonamides is 2. The number of hydrogen-bond acceptors (Lipinski definition) is 6. The predicted molar refractivity (Wildman–Crippen MR) is 87.7 cm³/mol. The summed E-state index contributed by atoms with van der Waals surface area (Å²) in [6.45, 7) is 2.34. The Bertz CT molecular complexity index is 553. The molecule has 3 rings (SSSR count). The molecule has 0 spiro atoms. The third kappa shape index (κ3) is 5.29. The SMILES string of the molecule is Cl.NS(=O)(=O)C1CN(C2CCCC2)C1.NS(=O)(=O)C1CNC1. The molecule has 11 heteroatoms. The molecule has 0 amide bonds. The van der Waals surface area contributed by atoms with Gasteiger partial charge in [-0.05, 0) is 12.8 Å². The van der Waals surface area contributed by atoms with E-state index in [1.54, 1.807) is 0 Å². The van der Waals surface area contributed by atoms with Gasteiger partial charge < -0.3 is 5.32 Å². The smallest absolute Gasteiger partial charge is 0.214 e. The minimum atomic E-state index is -3.27. The highest BCUT2D eigenvalue weighted by molar-refractivity contribution is 7.90. The van der Waals surface area contributed by atoms with E-state index in [4.69, 9.17) is 10.3 Å². The van der Waals surface area contributed by atoms with Gasteiger partial charge in [-0.15, -0.1) is 12.4 Å². The lowest BCUT2D eigenvalue weighted by Crippen LogP contribution is -2.59. The summed E-state index contributed by atoms with van der Waals surface area (Å²) in [6.07, 6.45) is 5.05. The van der Waals surface area contributed by atoms with Crippen LogP contribution in [0.15, 0.2) is 0 Å². The fraction of sp³-hybridized carbons (Fsp3) is 1.00. The minimum absolute atomic E-state index is 0. The molecule has 1 aliphatic carbocycles. The number of hydrogen-bond donors (Lipinski definition) is 3. The maximum atomic E-state index is 10.9. The second-order valence-corrected chi connectivity index (χ2v) is 9.66. The van der Waals surface area contributed by atoms with Crippen molar-refractivity contribution in [1.82, 2.24) is 10.2 Å². The molecular weight excluding hydrogens is 352 g/mol. The van der Waals surface area contributed by atoms with Gasteiger partial charge in [0, 0.05) is 32.2 Å². The second-order valence-electron chi connectivity index (χ2n) is 5.97. The first-order chi connectivity index (χ1) is 9.68. The van der Waals surface area contributed by atoms with Crippen molar-refractivity contribution in [3.05, 3.63) is 0 Å². The zero-order valence-electron chi connectivity index (χ0n) is 12.3. The Hall–Kier alpha value is 0.0300. The number of halogens is 1. The molecule has 2 saturated heterocycles.